The Morgan fingerprint density at radius 1 is 0.448 bits per heavy atom. The van der Waals surface area contributed by atoms with E-state index in [0.29, 0.717) is 5.39 Å². The van der Waals surface area contributed by atoms with Crippen LogP contribution in [0, 0.1) is 30.3 Å². The zero-order chi connectivity index (χ0) is 21.0. The first-order chi connectivity index (χ1) is 13.9. The number of fused-ring (bicyclic) bond motifs is 2. The quantitative estimate of drug-likeness (QED) is 0.339. The third kappa shape index (κ3) is 3.98. The van der Waals surface area contributed by atoms with Crippen molar-refractivity contribution in [1.29, 1.82) is 0 Å². The van der Waals surface area contributed by atoms with Crippen LogP contribution in [0.4, 0.5) is 17.1 Å². The summed E-state index contributed by atoms with van der Waals surface area (Å²) in [4.78, 5) is 30.6. The first kappa shape index (κ1) is 19.4. The van der Waals surface area contributed by atoms with Crippen molar-refractivity contribution in [1.82, 2.24) is 0 Å². The summed E-state index contributed by atoms with van der Waals surface area (Å²) >= 11 is 0. The molecular formula is C20H13N3O6. The summed E-state index contributed by atoms with van der Waals surface area (Å²) in [6, 6.07) is 20.9. The minimum atomic E-state index is -0.550. The molecule has 9 nitrogen and oxygen atoms in total. The molecule has 144 valence electrons. The molecule has 0 aliphatic heterocycles. The molecule has 0 unspecified atom stereocenters. The topological polar surface area (TPSA) is 129 Å². The fourth-order valence-corrected chi connectivity index (χ4v) is 2.96. The third-order valence-electron chi connectivity index (χ3n) is 4.23. The number of hydrogen-bond donors (Lipinski definition) is 0. The second-order valence-corrected chi connectivity index (χ2v) is 5.92. The van der Waals surface area contributed by atoms with Crippen LogP contribution in [-0.2, 0) is 0 Å². The van der Waals surface area contributed by atoms with Crippen molar-refractivity contribution in [3.63, 3.8) is 0 Å². The highest BCUT2D eigenvalue weighted by Crippen LogP contribution is 2.31. The molecule has 0 aromatic heterocycles. The van der Waals surface area contributed by atoms with Crippen LogP contribution in [-0.4, -0.2) is 14.8 Å². The Labute approximate surface area is 163 Å². The normalized spacial score (nSPS) is 10.2. The van der Waals surface area contributed by atoms with Gasteiger partial charge in [-0.15, -0.1) is 0 Å². The summed E-state index contributed by atoms with van der Waals surface area (Å²) in [5.41, 5.74) is -0.0829. The first-order valence-electron chi connectivity index (χ1n) is 8.33. The molecule has 4 aromatic rings. The fourth-order valence-electron chi connectivity index (χ4n) is 2.96. The SMILES string of the molecule is O=[N+]([O-])c1cccc2c([N+](=O)[O-])cccc12.O=[N+]([O-])c1cccc2ccccc12. The van der Waals surface area contributed by atoms with Gasteiger partial charge in [-0.3, -0.25) is 30.3 Å². The number of hydrogen-bond acceptors (Lipinski definition) is 6. The zero-order valence-corrected chi connectivity index (χ0v) is 14.8. The molecule has 0 N–H and O–H groups in total. The van der Waals surface area contributed by atoms with Crippen LogP contribution < -0.4 is 0 Å². The molecule has 4 aromatic carbocycles. The van der Waals surface area contributed by atoms with Gasteiger partial charge in [0.05, 0.1) is 30.9 Å². The van der Waals surface area contributed by atoms with Crippen molar-refractivity contribution in [3.8, 4) is 0 Å². The molecule has 0 spiro atoms. The van der Waals surface area contributed by atoms with Gasteiger partial charge in [-0.1, -0.05) is 42.5 Å². The smallest absolute Gasteiger partial charge is 0.258 e. The highest BCUT2D eigenvalue weighted by molar-refractivity contribution is 5.97. The van der Waals surface area contributed by atoms with E-state index >= 15 is 0 Å². The average molecular weight is 391 g/mol. The van der Waals surface area contributed by atoms with Crippen LogP contribution in [0.3, 0.4) is 0 Å². The minimum absolute atomic E-state index is 0.124. The lowest BCUT2D eigenvalue weighted by molar-refractivity contribution is -0.384. The molecule has 0 saturated carbocycles. The van der Waals surface area contributed by atoms with Gasteiger partial charge < -0.3 is 0 Å². The number of non-ortho nitro benzene ring substituents is 3. The van der Waals surface area contributed by atoms with Gasteiger partial charge in [0.15, 0.2) is 0 Å². The molecule has 0 saturated heterocycles. The number of rotatable bonds is 3. The highest BCUT2D eigenvalue weighted by atomic mass is 16.6. The highest BCUT2D eigenvalue weighted by Gasteiger charge is 2.17. The van der Waals surface area contributed by atoms with E-state index in [2.05, 4.69) is 0 Å². The van der Waals surface area contributed by atoms with Crippen LogP contribution >= 0.6 is 0 Å². The molecular weight excluding hydrogens is 378 g/mol. The number of nitro benzene ring substituents is 3. The standard InChI is InChI=1S/C10H6N2O4.C10H7NO2/c13-11(14)9-5-1-3-7-8(9)4-2-6-10(7)12(15)16;12-11(13)10-7-3-5-8-4-1-2-6-9(8)10/h1-6H;1-7H. The lowest BCUT2D eigenvalue weighted by atomic mass is 10.1. The van der Waals surface area contributed by atoms with Crippen LogP contribution in [0.5, 0.6) is 0 Å². The molecule has 4 rings (SSSR count). The van der Waals surface area contributed by atoms with Crippen molar-refractivity contribution < 1.29 is 14.8 Å². The summed E-state index contributed by atoms with van der Waals surface area (Å²) in [6.07, 6.45) is 0. The van der Waals surface area contributed by atoms with E-state index in [1.165, 1.54) is 42.5 Å². The second kappa shape index (κ2) is 8.09. The van der Waals surface area contributed by atoms with Gasteiger partial charge in [0.1, 0.15) is 0 Å². The van der Waals surface area contributed by atoms with Gasteiger partial charge in [0.2, 0.25) is 0 Å². The summed E-state index contributed by atoms with van der Waals surface area (Å²) in [7, 11) is 0. The zero-order valence-electron chi connectivity index (χ0n) is 14.8. The van der Waals surface area contributed by atoms with E-state index in [0.717, 1.165) is 5.39 Å². The number of nitro groups is 3. The van der Waals surface area contributed by atoms with E-state index in [1.807, 2.05) is 18.2 Å². The van der Waals surface area contributed by atoms with Crippen molar-refractivity contribution in [2.24, 2.45) is 0 Å². The van der Waals surface area contributed by atoms with Crippen molar-refractivity contribution in [2.45, 2.75) is 0 Å². The van der Waals surface area contributed by atoms with Gasteiger partial charge in [-0.2, -0.15) is 0 Å². The lowest BCUT2D eigenvalue weighted by Crippen LogP contribution is -1.92. The van der Waals surface area contributed by atoms with E-state index in [4.69, 9.17) is 0 Å². The van der Waals surface area contributed by atoms with E-state index in [1.54, 1.807) is 18.2 Å². The summed E-state index contributed by atoms with van der Waals surface area (Å²) < 4.78 is 0. The second-order valence-electron chi connectivity index (χ2n) is 5.92. The maximum atomic E-state index is 10.7. The van der Waals surface area contributed by atoms with Crippen LogP contribution in [0.2, 0.25) is 0 Å². The third-order valence-corrected chi connectivity index (χ3v) is 4.23. The molecule has 0 bridgehead atoms. The van der Waals surface area contributed by atoms with Gasteiger partial charge in [0, 0.05) is 18.2 Å². The Hall–Kier alpha value is -4.40. The maximum absolute atomic E-state index is 10.7. The molecule has 0 amide bonds. The first-order valence-corrected chi connectivity index (χ1v) is 8.33. The largest absolute Gasteiger partial charge is 0.277 e. The summed E-state index contributed by atoms with van der Waals surface area (Å²) in [5.74, 6) is 0. The minimum Gasteiger partial charge on any atom is -0.258 e. The molecule has 0 fully saturated rings. The molecule has 0 radical (unpaired) electrons. The van der Waals surface area contributed by atoms with Gasteiger partial charge in [-0.25, -0.2) is 0 Å². The van der Waals surface area contributed by atoms with Gasteiger partial charge in [0.25, 0.3) is 17.1 Å². The Balaban J connectivity index is 0.000000169. The predicted molar refractivity (Wildman–Crippen MR) is 108 cm³/mol. The number of benzene rings is 4. The van der Waals surface area contributed by atoms with E-state index in [9.17, 15) is 30.3 Å². The van der Waals surface area contributed by atoms with Crippen LogP contribution in [0.25, 0.3) is 21.5 Å². The Kier molecular flexibility index (Phi) is 5.40. The van der Waals surface area contributed by atoms with E-state index < -0.39 is 9.85 Å². The lowest BCUT2D eigenvalue weighted by Gasteiger charge is -1.99. The van der Waals surface area contributed by atoms with Crippen LogP contribution in [0.15, 0.2) is 78.9 Å². The van der Waals surface area contributed by atoms with Gasteiger partial charge >= 0.3 is 0 Å². The maximum Gasteiger partial charge on any atom is 0.277 e. The molecule has 29 heavy (non-hydrogen) atoms. The average Bonchev–Trinajstić information content (AvgIpc) is 2.72. The fraction of sp³-hybridized carbons (Fsp3) is 0. The predicted octanol–water partition coefficient (Wildman–Crippen LogP) is 5.40. The van der Waals surface area contributed by atoms with Crippen LogP contribution in [0.1, 0.15) is 0 Å². The molecule has 0 aliphatic rings. The van der Waals surface area contributed by atoms with E-state index in [-0.39, 0.29) is 32.8 Å². The molecule has 0 aliphatic carbocycles. The number of nitrogens with zero attached hydrogens (tertiary/aromatic N) is 3. The molecule has 0 heterocycles. The van der Waals surface area contributed by atoms with Crippen molar-refractivity contribution in [2.75, 3.05) is 0 Å². The molecule has 0 atom stereocenters. The summed E-state index contributed by atoms with van der Waals surface area (Å²) in [6.45, 7) is 0. The van der Waals surface area contributed by atoms with Crippen molar-refractivity contribution >= 4 is 38.6 Å². The molecule has 9 heteroatoms. The Bertz CT molecular complexity index is 1200. The van der Waals surface area contributed by atoms with Crippen molar-refractivity contribution in [3.05, 3.63) is 109 Å². The Morgan fingerprint density at radius 3 is 1.28 bits per heavy atom. The monoisotopic (exact) mass is 391 g/mol. The van der Waals surface area contributed by atoms with Gasteiger partial charge in [-0.05, 0) is 23.6 Å². The Morgan fingerprint density at radius 2 is 0.793 bits per heavy atom. The summed E-state index contributed by atoms with van der Waals surface area (Å²) in [5, 5.41) is 34.2.